The molecule has 74 valence electrons. The predicted molar refractivity (Wildman–Crippen MR) is 58.6 cm³/mol. The van der Waals surface area contributed by atoms with Crippen molar-refractivity contribution in [3.05, 3.63) is 35.7 Å². The quantitative estimate of drug-likeness (QED) is 0.564. The minimum absolute atomic E-state index is 0.0127. The highest BCUT2D eigenvalue weighted by Gasteiger charge is 1.98. The zero-order valence-electron chi connectivity index (χ0n) is 8.03. The standard InChI is InChI=1S/C11H12ClNO/c1-9(14)11-6-5-10(8-13-11)4-2-3-7-12/h2,4-6,8H,3,7H2,1H3. The Kier molecular flexibility index (Phi) is 4.33. The lowest BCUT2D eigenvalue weighted by molar-refractivity contribution is 0.101. The first-order valence-electron chi connectivity index (χ1n) is 4.43. The van der Waals surface area contributed by atoms with Crippen LogP contribution in [-0.2, 0) is 0 Å². The number of halogens is 1. The molecule has 0 atom stereocenters. The average molecular weight is 210 g/mol. The number of aromatic nitrogens is 1. The first-order valence-corrected chi connectivity index (χ1v) is 4.97. The molecule has 0 aliphatic rings. The van der Waals surface area contributed by atoms with Crippen molar-refractivity contribution >= 4 is 23.5 Å². The third-order valence-electron chi connectivity index (χ3n) is 1.73. The molecule has 0 unspecified atom stereocenters. The van der Waals surface area contributed by atoms with E-state index in [0.717, 1.165) is 12.0 Å². The Bertz CT molecular complexity index is 330. The Morgan fingerprint density at radius 2 is 2.36 bits per heavy atom. The van der Waals surface area contributed by atoms with Crippen LogP contribution in [0.25, 0.3) is 6.08 Å². The fourth-order valence-electron chi connectivity index (χ4n) is 0.995. The van der Waals surface area contributed by atoms with Gasteiger partial charge in [-0.1, -0.05) is 18.2 Å². The molecule has 1 rings (SSSR count). The first kappa shape index (κ1) is 10.9. The SMILES string of the molecule is CC(=O)c1ccc(C=CCCCl)cn1. The van der Waals surface area contributed by atoms with Gasteiger partial charge in [-0.3, -0.25) is 9.78 Å². The normalized spacial score (nSPS) is 10.7. The molecule has 0 aliphatic heterocycles. The zero-order valence-corrected chi connectivity index (χ0v) is 8.79. The number of alkyl halides is 1. The highest BCUT2D eigenvalue weighted by Crippen LogP contribution is 2.04. The summed E-state index contributed by atoms with van der Waals surface area (Å²) in [5, 5.41) is 0. The Morgan fingerprint density at radius 1 is 1.57 bits per heavy atom. The van der Waals surface area contributed by atoms with Crippen molar-refractivity contribution in [3.63, 3.8) is 0 Å². The molecule has 0 amide bonds. The van der Waals surface area contributed by atoms with Gasteiger partial charge in [-0.2, -0.15) is 0 Å². The second-order valence-electron chi connectivity index (χ2n) is 2.91. The molecule has 0 fully saturated rings. The lowest BCUT2D eigenvalue weighted by Gasteiger charge is -1.95. The molecule has 0 saturated heterocycles. The Morgan fingerprint density at radius 3 is 2.86 bits per heavy atom. The van der Waals surface area contributed by atoms with Gasteiger partial charge in [0.05, 0.1) is 0 Å². The van der Waals surface area contributed by atoms with E-state index in [1.165, 1.54) is 6.92 Å². The third-order valence-corrected chi connectivity index (χ3v) is 1.95. The van der Waals surface area contributed by atoms with Crippen molar-refractivity contribution in [2.24, 2.45) is 0 Å². The number of hydrogen-bond acceptors (Lipinski definition) is 2. The van der Waals surface area contributed by atoms with E-state index in [4.69, 9.17) is 11.6 Å². The van der Waals surface area contributed by atoms with Gasteiger partial charge in [-0.15, -0.1) is 11.6 Å². The molecular formula is C11H12ClNO. The number of hydrogen-bond donors (Lipinski definition) is 0. The number of carbonyl (C=O) groups excluding carboxylic acids is 1. The van der Waals surface area contributed by atoms with Gasteiger partial charge in [0.25, 0.3) is 0 Å². The summed E-state index contributed by atoms with van der Waals surface area (Å²) in [5.74, 6) is 0.608. The maximum atomic E-state index is 10.9. The highest BCUT2D eigenvalue weighted by molar-refractivity contribution is 6.17. The second kappa shape index (κ2) is 5.55. The number of Topliss-reactive ketones (excluding diaryl/α,β-unsaturated/α-hetero) is 1. The van der Waals surface area contributed by atoms with Crippen LogP contribution >= 0.6 is 11.6 Å². The van der Waals surface area contributed by atoms with Gasteiger partial charge < -0.3 is 0 Å². The number of nitrogens with zero attached hydrogens (tertiary/aromatic N) is 1. The molecule has 1 heterocycles. The number of ketones is 1. The van der Waals surface area contributed by atoms with Crippen molar-refractivity contribution in [3.8, 4) is 0 Å². The molecule has 0 spiro atoms. The highest BCUT2D eigenvalue weighted by atomic mass is 35.5. The molecule has 0 radical (unpaired) electrons. The summed E-state index contributed by atoms with van der Waals surface area (Å²) in [7, 11) is 0. The Labute approximate surface area is 88.6 Å². The predicted octanol–water partition coefficient (Wildman–Crippen LogP) is 2.93. The third kappa shape index (κ3) is 3.30. The zero-order chi connectivity index (χ0) is 10.4. The van der Waals surface area contributed by atoms with E-state index < -0.39 is 0 Å². The minimum atomic E-state index is -0.0127. The van der Waals surface area contributed by atoms with Crippen molar-refractivity contribution < 1.29 is 4.79 Å². The summed E-state index contributed by atoms with van der Waals surface area (Å²) < 4.78 is 0. The van der Waals surface area contributed by atoms with E-state index in [1.54, 1.807) is 12.3 Å². The molecular weight excluding hydrogens is 198 g/mol. The summed E-state index contributed by atoms with van der Waals surface area (Å²) in [6.45, 7) is 1.51. The molecule has 3 heteroatoms. The minimum Gasteiger partial charge on any atom is -0.293 e. The molecule has 0 saturated carbocycles. The van der Waals surface area contributed by atoms with E-state index in [0.29, 0.717) is 11.6 Å². The van der Waals surface area contributed by atoms with Crippen LogP contribution < -0.4 is 0 Å². The fraction of sp³-hybridized carbons (Fsp3) is 0.273. The van der Waals surface area contributed by atoms with Gasteiger partial charge in [0.1, 0.15) is 5.69 Å². The van der Waals surface area contributed by atoms with E-state index in [-0.39, 0.29) is 5.78 Å². The molecule has 14 heavy (non-hydrogen) atoms. The van der Waals surface area contributed by atoms with Crippen LogP contribution in [0.2, 0.25) is 0 Å². The van der Waals surface area contributed by atoms with E-state index in [9.17, 15) is 4.79 Å². The fourth-order valence-corrected chi connectivity index (χ4v) is 1.12. The van der Waals surface area contributed by atoms with Crippen molar-refractivity contribution in [2.45, 2.75) is 13.3 Å². The number of allylic oxidation sites excluding steroid dienone is 1. The smallest absolute Gasteiger partial charge is 0.178 e. The maximum absolute atomic E-state index is 10.9. The van der Waals surface area contributed by atoms with Crippen LogP contribution in [0.3, 0.4) is 0 Å². The van der Waals surface area contributed by atoms with Crippen LogP contribution in [0.15, 0.2) is 24.4 Å². The summed E-state index contributed by atoms with van der Waals surface area (Å²) in [6, 6.07) is 3.59. The van der Waals surface area contributed by atoms with Gasteiger partial charge in [0.15, 0.2) is 5.78 Å². The molecule has 0 aromatic carbocycles. The van der Waals surface area contributed by atoms with Crippen LogP contribution in [-0.4, -0.2) is 16.6 Å². The summed E-state index contributed by atoms with van der Waals surface area (Å²) in [5.41, 5.74) is 1.49. The molecule has 0 aliphatic carbocycles. The summed E-state index contributed by atoms with van der Waals surface area (Å²) in [6.07, 6.45) is 6.45. The molecule has 0 bridgehead atoms. The molecule has 1 aromatic heterocycles. The molecule has 1 aromatic rings. The number of rotatable bonds is 4. The topological polar surface area (TPSA) is 30.0 Å². The number of pyridine rings is 1. The van der Waals surface area contributed by atoms with Gasteiger partial charge in [-0.05, 0) is 18.1 Å². The van der Waals surface area contributed by atoms with E-state index in [2.05, 4.69) is 4.98 Å². The van der Waals surface area contributed by atoms with Crippen LogP contribution in [0.4, 0.5) is 0 Å². The number of carbonyl (C=O) groups is 1. The van der Waals surface area contributed by atoms with Crippen molar-refractivity contribution in [1.82, 2.24) is 4.98 Å². The van der Waals surface area contributed by atoms with Crippen molar-refractivity contribution in [2.75, 3.05) is 5.88 Å². The van der Waals surface area contributed by atoms with Crippen molar-refractivity contribution in [1.29, 1.82) is 0 Å². The van der Waals surface area contributed by atoms with Gasteiger partial charge >= 0.3 is 0 Å². The van der Waals surface area contributed by atoms with E-state index >= 15 is 0 Å². The van der Waals surface area contributed by atoms with Crippen LogP contribution in [0, 0.1) is 0 Å². The van der Waals surface area contributed by atoms with E-state index in [1.807, 2.05) is 18.2 Å². The largest absolute Gasteiger partial charge is 0.293 e. The first-order chi connectivity index (χ1) is 6.74. The second-order valence-corrected chi connectivity index (χ2v) is 3.29. The summed E-state index contributed by atoms with van der Waals surface area (Å²) >= 11 is 5.52. The lowest BCUT2D eigenvalue weighted by atomic mass is 10.2. The molecule has 0 N–H and O–H groups in total. The van der Waals surface area contributed by atoms with Gasteiger partial charge in [-0.25, -0.2) is 0 Å². The summed E-state index contributed by atoms with van der Waals surface area (Å²) in [4.78, 5) is 14.9. The van der Waals surface area contributed by atoms with Crippen LogP contribution in [0.1, 0.15) is 29.4 Å². The molecule has 2 nitrogen and oxygen atoms in total. The average Bonchev–Trinajstić information content (AvgIpc) is 2.19. The Hall–Kier alpha value is -1.15. The van der Waals surface area contributed by atoms with Gasteiger partial charge in [0, 0.05) is 19.0 Å². The Balaban J connectivity index is 2.68. The van der Waals surface area contributed by atoms with Crippen LogP contribution in [0.5, 0.6) is 0 Å². The maximum Gasteiger partial charge on any atom is 0.178 e. The monoisotopic (exact) mass is 209 g/mol. The van der Waals surface area contributed by atoms with Gasteiger partial charge in [0.2, 0.25) is 0 Å². The lowest BCUT2D eigenvalue weighted by Crippen LogP contribution is -1.95.